The lowest BCUT2D eigenvalue weighted by molar-refractivity contribution is 1.38. The molecule has 0 fully saturated rings. The zero-order chi connectivity index (χ0) is 7.72. The molecule has 0 aromatic heterocycles. The van der Waals surface area contributed by atoms with E-state index in [1.807, 2.05) is 13.8 Å². The fourth-order valence-electron chi connectivity index (χ4n) is 0.819. The summed E-state index contributed by atoms with van der Waals surface area (Å²) in [6.45, 7) is 3.82. The lowest BCUT2D eigenvalue weighted by atomic mass is 10.2. The van der Waals surface area contributed by atoms with E-state index in [-0.39, 0.29) is 0 Å². The number of hydrogen-bond acceptors (Lipinski definition) is 0. The van der Waals surface area contributed by atoms with E-state index >= 15 is 0 Å². The summed E-state index contributed by atoms with van der Waals surface area (Å²) in [5.41, 5.74) is 1.91. The fourth-order valence-corrected chi connectivity index (χ4v) is 1.23. The molecule has 0 N–H and O–H groups in total. The third-order valence-electron chi connectivity index (χ3n) is 1.33. The topological polar surface area (TPSA) is 0 Å². The lowest BCUT2D eigenvalue weighted by Gasteiger charge is -2.00. The highest BCUT2D eigenvalue weighted by Gasteiger charge is 2.00. The van der Waals surface area contributed by atoms with Crippen LogP contribution in [0.25, 0.3) is 0 Å². The predicted molar refractivity (Wildman–Crippen MR) is 44.8 cm³/mol. The van der Waals surface area contributed by atoms with Gasteiger partial charge in [0.05, 0.1) is 0 Å². The number of hydrogen-bond donors (Lipinski definition) is 0. The first kappa shape index (κ1) is 7.90. The molecule has 0 aliphatic rings. The van der Waals surface area contributed by atoms with E-state index < -0.39 is 0 Å². The SMILES string of the molecule is Cc1[c]c(Cl)cc(C)c1Cl. The van der Waals surface area contributed by atoms with Crippen molar-refractivity contribution in [3.8, 4) is 0 Å². The maximum Gasteiger partial charge on any atom is 0.0491 e. The standard InChI is InChI=1S/C8H7Cl2/c1-5-3-7(9)4-6(2)8(5)10/h3H,1-2H3. The maximum absolute atomic E-state index is 5.86. The fraction of sp³-hybridized carbons (Fsp3) is 0.250. The Morgan fingerprint density at radius 3 is 2.40 bits per heavy atom. The average molecular weight is 174 g/mol. The molecule has 1 aromatic rings. The van der Waals surface area contributed by atoms with Crippen LogP contribution in [0, 0.1) is 19.9 Å². The number of aryl methyl sites for hydroxylation is 2. The highest BCUT2D eigenvalue weighted by atomic mass is 35.5. The quantitative estimate of drug-likeness (QED) is 0.565. The summed E-state index contributed by atoms with van der Waals surface area (Å²) in [5, 5.41) is 1.38. The van der Waals surface area contributed by atoms with Gasteiger partial charge in [-0.3, -0.25) is 0 Å². The number of benzene rings is 1. The Morgan fingerprint density at radius 2 is 1.90 bits per heavy atom. The Kier molecular flexibility index (Phi) is 2.22. The lowest BCUT2D eigenvalue weighted by Crippen LogP contribution is -1.80. The third-order valence-corrected chi connectivity index (χ3v) is 2.11. The van der Waals surface area contributed by atoms with Crippen LogP contribution in [0.4, 0.5) is 0 Å². The number of halogens is 2. The van der Waals surface area contributed by atoms with Gasteiger partial charge in [0, 0.05) is 16.1 Å². The minimum atomic E-state index is 0.624. The van der Waals surface area contributed by atoms with E-state index in [4.69, 9.17) is 23.2 Å². The first-order valence-electron chi connectivity index (χ1n) is 2.96. The highest BCUT2D eigenvalue weighted by molar-refractivity contribution is 6.34. The molecule has 53 valence electrons. The number of rotatable bonds is 0. The Balaban J connectivity index is 3.31. The maximum atomic E-state index is 5.86. The molecule has 0 aliphatic heterocycles. The van der Waals surface area contributed by atoms with E-state index in [0.29, 0.717) is 5.02 Å². The van der Waals surface area contributed by atoms with E-state index in [9.17, 15) is 0 Å². The molecule has 0 unspecified atom stereocenters. The van der Waals surface area contributed by atoms with Crippen LogP contribution in [-0.2, 0) is 0 Å². The van der Waals surface area contributed by atoms with Gasteiger partial charge in [-0.1, -0.05) is 23.2 Å². The van der Waals surface area contributed by atoms with E-state index in [2.05, 4.69) is 6.07 Å². The van der Waals surface area contributed by atoms with Crippen molar-refractivity contribution in [3.05, 3.63) is 33.3 Å². The molecule has 0 bridgehead atoms. The third kappa shape index (κ3) is 1.44. The summed E-state index contributed by atoms with van der Waals surface area (Å²) in [6.07, 6.45) is 0. The summed E-state index contributed by atoms with van der Waals surface area (Å²) >= 11 is 11.6. The molecule has 0 saturated heterocycles. The van der Waals surface area contributed by atoms with Gasteiger partial charge in [0.2, 0.25) is 0 Å². The summed E-state index contributed by atoms with van der Waals surface area (Å²) < 4.78 is 0. The van der Waals surface area contributed by atoms with Crippen LogP contribution in [0.5, 0.6) is 0 Å². The van der Waals surface area contributed by atoms with E-state index in [1.54, 1.807) is 6.07 Å². The molecule has 0 saturated carbocycles. The molecular formula is C8H7Cl2. The molecule has 1 aromatic carbocycles. The minimum Gasteiger partial charge on any atom is -0.0837 e. The van der Waals surface area contributed by atoms with Gasteiger partial charge in [-0.15, -0.1) is 0 Å². The monoisotopic (exact) mass is 173 g/mol. The van der Waals surface area contributed by atoms with Crippen molar-refractivity contribution in [2.45, 2.75) is 13.8 Å². The Hall–Kier alpha value is -0.200. The highest BCUT2D eigenvalue weighted by Crippen LogP contribution is 2.23. The van der Waals surface area contributed by atoms with Crippen LogP contribution in [0.2, 0.25) is 10.0 Å². The largest absolute Gasteiger partial charge is 0.0837 e. The zero-order valence-electron chi connectivity index (χ0n) is 5.83. The van der Waals surface area contributed by atoms with Crippen molar-refractivity contribution < 1.29 is 0 Å². The van der Waals surface area contributed by atoms with Gasteiger partial charge in [-0.2, -0.15) is 0 Å². The van der Waals surface area contributed by atoms with Crippen molar-refractivity contribution in [3.63, 3.8) is 0 Å². The molecule has 0 nitrogen and oxygen atoms in total. The Bertz CT molecular complexity index is 230. The molecular weight excluding hydrogens is 167 g/mol. The smallest absolute Gasteiger partial charge is 0.0491 e. The second-order valence-electron chi connectivity index (χ2n) is 2.24. The molecule has 2 heteroatoms. The van der Waals surface area contributed by atoms with E-state index in [0.717, 1.165) is 16.1 Å². The average Bonchev–Trinajstić information content (AvgIpc) is 1.82. The van der Waals surface area contributed by atoms with Crippen LogP contribution in [-0.4, -0.2) is 0 Å². The van der Waals surface area contributed by atoms with Gasteiger partial charge in [-0.25, -0.2) is 0 Å². The van der Waals surface area contributed by atoms with Crippen LogP contribution < -0.4 is 0 Å². The van der Waals surface area contributed by atoms with Gasteiger partial charge in [0.25, 0.3) is 0 Å². The Labute approximate surface area is 70.8 Å². The van der Waals surface area contributed by atoms with E-state index in [1.165, 1.54) is 0 Å². The molecule has 10 heavy (non-hydrogen) atoms. The van der Waals surface area contributed by atoms with Crippen molar-refractivity contribution in [1.82, 2.24) is 0 Å². The molecule has 0 heterocycles. The van der Waals surface area contributed by atoms with Gasteiger partial charge in [0.15, 0.2) is 0 Å². The van der Waals surface area contributed by atoms with Crippen molar-refractivity contribution in [1.29, 1.82) is 0 Å². The van der Waals surface area contributed by atoms with Gasteiger partial charge < -0.3 is 0 Å². The van der Waals surface area contributed by atoms with Crippen LogP contribution >= 0.6 is 23.2 Å². The van der Waals surface area contributed by atoms with Crippen LogP contribution in [0.1, 0.15) is 11.1 Å². The second kappa shape index (κ2) is 2.81. The molecule has 1 radical (unpaired) electrons. The molecule has 0 amide bonds. The summed E-state index contributed by atoms with van der Waals surface area (Å²) in [6, 6.07) is 4.72. The van der Waals surface area contributed by atoms with Crippen molar-refractivity contribution in [2.24, 2.45) is 0 Å². The predicted octanol–water partition coefficient (Wildman–Crippen LogP) is 3.41. The molecule has 0 atom stereocenters. The normalized spacial score (nSPS) is 10.0. The summed E-state index contributed by atoms with van der Waals surface area (Å²) in [5.74, 6) is 0. The van der Waals surface area contributed by atoms with Gasteiger partial charge >= 0.3 is 0 Å². The first-order chi connectivity index (χ1) is 4.61. The van der Waals surface area contributed by atoms with Gasteiger partial charge in [-0.05, 0) is 31.0 Å². The molecule has 1 rings (SSSR count). The summed E-state index contributed by atoms with van der Waals surface area (Å²) in [4.78, 5) is 0. The minimum absolute atomic E-state index is 0.624. The summed E-state index contributed by atoms with van der Waals surface area (Å²) in [7, 11) is 0. The van der Waals surface area contributed by atoms with Crippen molar-refractivity contribution in [2.75, 3.05) is 0 Å². The van der Waals surface area contributed by atoms with Crippen LogP contribution in [0.3, 0.4) is 0 Å². The molecule has 0 aliphatic carbocycles. The second-order valence-corrected chi connectivity index (χ2v) is 3.02. The first-order valence-corrected chi connectivity index (χ1v) is 3.71. The molecule has 0 spiro atoms. The zero-order valence-corrected chi connectivity index (χ0v) is 7.35. The van der Waals surface area contributed by atoms with Crippen molar-refractivity contribution >= 4 is 23.2 Å². The van der Waals surface area contributed by atoms with Gasteiger partial charge in [0.1, 0.15) is 0 Å². The van der Waals surface area contributed by atoms with Crippen LogP contribution in [0.15, 0.2) is 6.07 Å². The Morgan fingerprint density at radius 1 is 1.30 bits per heavy atom.